The minimum Gasteiger partial charge on any atom is -0.326 e. The molecule has 0 unspecified atom stereocenters. The molecule has 2 rings (SSSR count). The Bertz CT molecular complexity index is 587. The van der Waals surface area contributed by atoms with E-state index in [0.29, 0.717) is 11.8 Å². The molecule has 0 aliphatic rings. The molecule has 0 N–H and O–H groups in total. The van der Waals surface area contributed by atoms with E-state index in [1.54, 1.807) is 0 Å². The summed E-state index contributed by atoms with van der Waals surface area (Å²) >= 11 is 9.59. The maximum atomic E-state index is 6.06. The summed E-state index contributed by atoms with van der Waals surface area (Å²) in [5, 5.41) is 0. The van der Waals surface area contributed by atoms with Crippen molar-refractivity contribution in [3.05, 3.63) is 28.5 Å². The predicted molar refractivity (Wildman–Crippen MR) is 85.6 cm³/mol. The van der Waals surface area contributed by atoms with E-state index in [-0.39, 0.29) is 5.41 Å². The zero-order chi connectivity index (χ0) is 14.2. The Labute approximate surface area is 128 Å². The number of aromatic nitrogens is 2. The molecule has 0 saturated carbocycles. The zero-order valence-electron chi connectivity index (χ0n) is 11.9. The third kappa shape index (κ3) is 2.97. The molecule has 0 atom stereocenters. The maximum absolute atomic E-state index is 6.06. The van der Waals surface area contributed by atoms with E-state index in [1.807, 2.05) is 12.1 Å². The molecule has 0 bridgehead atoms. The van der Waals surface area contributed by atoms with Crippen LogP contribution < -0.4 is 0 Å². The van der Waals surface area contributed by atoms with Crippen molar-refractivity contribution in [1.82, 2.24) is 9.55 Å². The third-order valence-electron chi connectivity index (χ3n) is 4.04. The fourth-order valence-electron chi connectivity index (χ4n) is 2.01. The Morgan fingerprint density at radius 3 is 2.63 bits per heavy atom. The molecule has 19 heavy (non-hydrogen) atoms. The maximum Gasteiger partial charge on any atom is 0.124 e. The summed E-state index contributed by atoms with van der Waals surface area (Å²) in [6.45, 7) is 10.0. The average Bonchev–Trinajstić information content (AvgIpc) is 2.66. The van der Waals surface area contributed by atoms with Crippen LogP contribution in [0, 0.1) is 11.3 Å². The minimum absolute atomic E-state index is 0.205. The summed E-state index contributed by atoms with van der Waals surface area (Å²) < 4.78 is 3.33. The molecule has 4 heteroatoms. The van der Waals surface area contributed by atoms with Gasteiger partial charge in [-0.25, -0.2) is 4.98 Å². The zero-order valence-corrected chi connectivity index (χ0v) is 14.2. The van der Waals surface area contributed by atoms with Gasteiger partial charge in [0.1, 0.15) is 5.82 Å². The monoisotopic (exact) mass is 342 g/mol. The molecule has 1 aromatic carbocycles. The molecular weight excluding hydrogens is 324 g/mol. The minimum atomic E-state index is 0.205. The van der Waals surface area contributed by atoms with Crippen molar-refractivity contribution in [2.45, 2.75) is 40.1 Å². The highest BCUT2D eigenvalue weighted by molar-refractivity contribution is 9.10. The first-order chi connectivity index (χ1) is 8.85. The van der Waals surface area contributed by atoms with Gasteiger partial charge in [0, 0.05) is 11.0 Å². The Balaban J connectivity index is 2.54. The van der Waals surface area contributed by atoms with Crippen LogP contribution in [0.4, 0.5) is 0 Å². The van der Waals surface area contributed by atoms with Crippen molar-refractivity contribution in [2.24, 2.45) is 11.3 Å². The normalized spacial score (nSPS) is 12.6. The van der Waals surface area contributed by atoms with Crippen LogP contribution in [-0.4, -0.2) is 9.55 Å². The first-order valence-corrected chi connectivity index (χ1v) is 7.88. The van der Waals surface area contributed by atoms with Crippen molar-refractivity contribution in [1.29, 1.82) is 0 Å². The van der Waals surface area contributed by atoms with E-state index >= 15 is 0 Å². The number of halogens is 2. The summed E-state index contributed by atoms with van der Waals surface area (Å²) in [7, 11) is 0. The van der Waals surface area contributed by atoms with Crippen LogP contribution in [0.2, 0.25) is 0 Å². The van der Waals surface area contributed by atoms with Gasteiger partial charge in [-0.2, -0.15) is 0 Å². The summed E-state index contributed by atoms with van der Waals surface area (Å²) in [6.07, 6.45) is 0. The Kier molecular flexibility index (Phi) is 4.26. The number of hydrogen-bond acceptors (Lipinski definition) is 1. The van der Waals surface area contributed by atoms with Crippen LogP contribution in [0.1, 0.15) is 33.5 Å². The van der Waals surface area contributed by atoms with Crippen molar-refractivity contribution in [3.8, 4) is 0 Å². The fraction of sp³-hybridized carbons (Fsp3) is 0.533. The molecule has 0 spiro atoms. The van der Waals surface area contributed by atoms with Gasteiger partial charge in [-0.15, -0.1) is 11.6 Å². The molecule has 2 aromatic rings. The molecule has 1 aromatic heterocycles. The molecule has 0 radical (unpaired) electrons. The number of rotatable bonds is 4. The Hall–Kier alpha value is -0.540. The van der Waals surface area contributed by atoms with E-state index in [0.717, 1.165) is 27.9 Å². The van der Waals surface area contributed by atoms with Crippen LogP contribution in [0.15, 0.2) is 22.7 Å². The Morgan fingerprint density at radius 1 is 1.37 bits per heavy atom. The summed E-state index contributed by atoms with van der Waals surface area (Å²) in [5.41, 5.74) is 2.37. The van der Waals surface area contributed by atoms with Crippen LogP contribution >= 0.6 is 27.5 Å². The second-order valence-electron chi connectivity index (χ2n) is 6.02. The van der Waals surface area contributed by atoms with Gasteiger partial charge in [0.2, 0.25) is 0 Å². The van der Waals surface area contributed by atoms with Crippen LogP contribution in [-0.2, 0) is 12.4 Å². The third-order valence-corrected chi connectivity index (χ3v) is 4.77. The topological polar surface area (TPSA) is 17.8 Å². The van der Waals surface area contributed by atoms with Crippen molar-refractivity contribution in [2.75, 3.05) is 0 Å². The van der Waals surface area contributed by atoms with Crippen molar-refractivity contribution < 1.29 is 0 Å². The van der Waals surface area contributed by atoms with Gasteiger partial charge in [0.05, 0.1) is 16.9 Å². The lowest BCUT2D eigenvalue weighted by Gasteiger charge is -2.30. The standard InChI is InChI=1S/C15H20BrClN2/c1-10(2)15(3,4)9-19-13-7-11(16)5-6-12(13)18-14(19)8-17/h5-7,10H,8-9H2,1-4H3. The lowest BCUT2D eigenvalue weighted by atomic mass is 9.81. The van der Waals surface area contributed by atoms with E-state index in [2.05, 4.69) is 59.2 Å². The summed E-state index contributed by atoms with van der Waals surface area (Å²) in [5.74, 6) is 1.99. The lowest BCUT2D eigenvalue weighted by Crippen LogP contribution is -2.26. The van der Waals surface area contributed by atoms with Crippen molar-refractivity contribution >= 4 is 38.6 Å². The first-order valence-electron chi connectivity index (χ1n) is 6.56. The quantitative estimate of drug-likeness (QED) is 0.696. The molecule has 2 nitrogen and oxygen atoms in total. The Morgan fingerprint density at radius 2 is 2.05 bits per heavy atom. The SMILES string of the molecule is CC(C)C(C)(C)Cn1c(CCl)nc2ccc(Br)cc21. The van der Waals surface area contributed by atoms with Gasteiger partial charge < -0.3 is 4.57 Å². The van der Waals surface area contributed by atoms with Crippen molar-refractivity contribution in [3.63, 3.8) is 0 Å². The number of nitrogens with zero attached hydrogens (tertiary/aromatic N) is 2. The van der Waals surface area contributed by atoms with E-state index in [1.165, 1.54) is 0 Å². The number of benzene rings is 1. The summed E-state index contributed by atoms with van der Waals surface area (Å²) in [6, 6.07) is 6.18. The summed E-state index contributed by atoms with van der Waals surface area (Å²) in [4.78, 5) is 4.63. The molecule has 0 amide bonds. The van der Waals surface area contributed by atoms with Gasteiger partial charge in [-0.3, -0.25) is 0 Å². The first kappa shape index (κ1) is 14.9. The van der Waals surface area contributed by atoms with Crippen LogP contribution in [0.5, 0.6) is 0 Å². The van der Waals surface area contributed by atoms with E-state index in [4.69, 9.17) is 11.6 Å². The predicted octanol–water partition coefficient (Wildman–Crippen LogP) is 5.22. The highest BCUT2D eigenvalue weighted by Crippen LogP contribution is 2.31. The smallest absolute Gasteiger partial charge is 0.124 e. The number of imidazole rings is 1. The second-order valence-corrected chi connectivity index (χ2v) is 7.21. The van der Waals surface area contributed by atoms with Gasteiger partial charge in [0.25, 0.3) is 0 Å². The lowest BCUT2D eigenvalue weighted by molar-refractivity contribution is 0.211. The number of fused-ring (bicyclic) bond motifs is 1. The fourth-order valence-corrected chi connectivity index (χ4v) is 2.57. The van der Waals surface area contributed by atoms with Crippen LogP contribution in [0.3, 0.4) is 0 Å². The number of hydrogen-bond donors (Lipinski definition) is 0. The highest BCUT2D eigenvalue weighted by atomic mass is 79.9. The van der Waals surface area contributed by atoms with Gasteiger partial charge in [-0.05, 0) is 29.5 Å². The highest BCUT2D eigenvalue weighted by Gasteiger charge is 2.25. The van der Waals surface area contributed by atoms with Gasteiger partial charge in [-0.1, -0.05) is 43.6 Å². The average molecular weight is 344 g/mol. The second kappa shape index (κ2) is 5.45. The molecule has 0 aliphatic heterocycles. The largest absolute Gasteiger partial charge is 0.326 e. The molecule has 0 saturated heterocycles. The molecular formula is C15H20BrClN2. The molecule has 0 aliphatic carbocycles. The number of alkyl halides is 1. The van der Waals surface area contributed by atoms with Crippen LogP contribution in [0.25, 0.3) is 11.0 Å². The van der Waals surface area contributed by atoms with Gasteiger partial charge in [0.15, 0.2) is 0 Å². The van der Waals surface area contributed by atoms with E-state index in [9.17, 15) is 0 Å². The van der Waals surface area contributed by atoms with Gasteiger partial charge >= 0.3 is 0 Å². The molecule has 104 valence electrons. The van der Waals surface area contributed by atoms with E-state index < -0.39 is 0 Å². The molecule has 1 heterocycles. The molecule has 0 fully saturated rings.